The summed E-state index contributed by atoms with van der Waals surface area (Å²) in [7, 11) is 0. The van der Waals surface area contributed by atoms with Gasteiger partial charge in [-0.15, -0.1) is 11.3 Å². The summed E-state index contributed by atoms with van der Waals surface area (Å²) in [4.78, 5) is 1.40. The van der Waals surface area contributed by atoms with Crippen LogP contribution in [-0.2, 0) is 17.9 Å². The van der Waals surface area contributed by atoms with E-state index >= 15 is 0 Å². The van der Waals surface area contributed by atoms with E-state index in [1.807, 2.05) is 11.3 Å². The van der Waals surface area contributed by atoms with Crippen LogP contribution in [0.15, 0.2) is 24.3 Å². The van der Waals surface area contributed by atoms with Gasteiger partial charge >= 0.3 is 0 Å². The largest absolute Gasteiger partial charge is 0.377 e. The molecule has 0 atom stereocenters. The van der Waals surface area contributed by atoms with Crippen molar-refractivity contribution in [2.45, 2.75) is 52.8 Å². The summed E-state index contributed by atoms with van der Waals surface area (Å²) in [6.07, 6.45) is 1.07. The van der Waals surface area contributed by atoms with Gasteiger partial charge in [-0.3, -0.25) is 0 Å². The Morgan fingerprint density at radius 3 is 2.65 bits per heavy atom. The number of ether oxygens (including phenoxy) is 1. The Balaban J connectivity index is 2.24. The van der Waals surface area contributed by atoms with E-state index in [4.69, 9.17) is 4.74 Å². The van der Waals surface area contributed by atoms with E-state index in [-0.39, 0.29) is 5.54 Å². The van der Waals surface area contributed by atoms with Gasteiger partial charge in [0.15, 0.2) is 0 Å². The molecular formula is C17H25NOS. The van der Waals surface area contributed by atoms with Gasteiger partial charge in [0, 0.05) is 33.8 Å². The zero-order valence-electron chi connectivity index (χ0n) is 13.0. The molecule has 110 valence electrons. The number of thiophene rings is 1. The van der Waals surface area contributed by atoms with Gasteiger partial charge in [0.1, 0.15) is 0 Å². The fourth-order valence-electron chi connectivity index (χ4n) is 2.11. The van der Waals surface area contributed by atoms with E-state index in [1.54, 1.807) is 0 Å². The molecule has 1 N–H and O–H groups in total. The van der Waals surface area contributed by atoms with Gasteiger partial charge in [0.2, 0.25) is 0 Å². The summed E-state index contributed by atoms with van der Waals surface area (Å²) in [5, 5.41) is 4.93. The molecule has 0 bridgehead atoms. The standard InChI is InChI=1S/C17H25NOS/c1-5-10-19-12-14-13-8-6-7-9-15(13)20-16(14)11-18-17(2,3)4/h6-9,18H,5,10-12H2,1-4H3. The van der Waals surface area contributed by atoms with Crippen LogP contribution in [0.4, 0.5) is 0 Å². The molecule has 1 aromatic carbocycles. The Bertz CT molecular complexity index is 554. The van der Waals surface area contributed by atoms with E-state index in [0.29, 0.717) is 0 Å². The van der Waals surface area contributed by atoms with Gasteiger partial charge in [-0.1, -0.05) is 25.1 Å². The van der Waals surface area contributed by atoms with E-state index in [9.17, 15) is 0 Å². The highest BCUT2D eigenvalue weighted by Gasteiger charge is 2.15. The molecule has 0 radical (unpaired) electrons. The van der Waals surface area contributed by atoms with Crippen LogP contribution in [0.2, 0.25) is 0 Å². The number of rotatable bonds is 6. The summed E-state index contributed by atoms with van der Waals surface area (Å²) >= 11 is 1.88. The van der Waals surface area contributed by atoms with Gasteiger partial charge in [-0.05, 0) is 38.6 Å². The van der Waals surface area contributed by atoms with Crippen LogP contribution in [0, 0.1) is 0 Å². The first kappa shape index (κ1) is 15.5. The smallest absolute Gasteiger partial charge is 0.0734 e. The molecular weight excluding hydrogens is 266 g/mol. The summed E-state index contributed by atoms with van der Waals surface area (Å²) in [5.74, 6) is 0. The van der Waals surface area contributed by atoms with Gasteiger partial charge in [0.05, 0.1) is 6.61 Å². The molecule has 2 aromatic rings. The molecule has 2 nitrogen and oxygen atoms in total. The summed E-state index contributed by atoms with van der Waals surface area (Å²) in [6, 6.07) is 8.62. The summed E-state index contributed by atoms with van der Waals surface area (Å²) < 4.78 is 7.14. The normalized spacial score (nSPS) is 12.2. The first-order chi connectivity index (χ1) is 9.51. The number of nitrogens with one attached hydrogen (secondary N) is 1. The maximum absolute atomic E-state index is 5.79. The van der Waals surface area contributed by atoms with E-state index in [2.05, 4.69) is 57.3 Å². The van der Waals surface area contributed by atoms with Crippen molar-refractivity contribution >= 4 is 21.4 Å². The van der Waals surface area contributed by atoms with Crippen LogP contribution in [0.1, 0.15) is 44.6 Å². The molecule has 0 aliphatic carbocycles. The number of hydrogen-bond donors (Lipinski definition) is 1. The first-order valence-corrected chi connectivity index (χ1v) is 8.15. The predicted molar refractivity (Wildman–Crippen MR) is 88.4 cm³/mol. The molecule has 0 aliphatic heterocycles. The quantitative estimate of drug-likeness (QED) is 0.778. The number of fused-ring (bicyclic) bond motifs is 1. The van der Waals surface area contributed by atoms with Gasteiger partial charge < -0.3 is 10.1 Å². The monoisotopic (exact) mass is 291 g/mol. The van der Waals surface area contributed by atoms with Crippen molar-refractivity contribution < 1.29 is 4.74 Å². The van der Waals surface area contributed by atoms with Crippen LogP contribution in [0.25, 0.3) is 10.1 Å². The van der Waals surface area contributed by atoms with E-state index < -0.39 is 0 Å². The minimum Gasteiger partial charge on any atom is -0.377 e. The molecule has 20 heavy (non-hydrogen) atoms. The molecule has 2 rings (SSSR count). The summed E-state index contributed by atoms with van der Waals surface area (Å²) in [5.41, 5.74) is 1.49. The highest BCUT2D eigenvalue weighted by molar-refractivity contribution is 7.19. The maximum Gasteiger partial charge on any atom is 0.0734 e. The predicted octanol–water partition coefficient (Wildman–Crippen LogP) is 4.72. The highest BCUT2D eigenvalue weighted by atomic mass is 32.1. The lowest BCUT2D eigenvalue weighted by Crippen LogP contribution is -2.35. The van der Waals surface area contributed by atoms with E-state index in [1.165, 1.54) is 20.5 Å². The Morgan fingerprint density at radius 2 is 1.95 bits per heavy atom. The average molecular weight is 291 g/mol. The lowest BCUT2D eigenvalue weighted by molar-refractivity contribution is 0.122. The van der Waals surface area contributed by atoms with Gasteiger partial charge in [-0.25, -0.2) is 0 Å². The minimum absolute atomic E-state index is 0.137. The van der Waals surface area contributed by atoms with E-state index in [0.717, 1.165) is 26.2 Å². The van der Waals surface area contributed by atoms with Crippen LogP contribution in [0.5, 0.6) is 0 Å². The van der Waals surface area contributed by atoms with Crippen molar-refractivity contribution in [3.63, 3.8) is 0 Å². The van der Waals surface area contributed by atoms with Crippen molar-refractivity contribution in [1.82, 2.24) is 5.32 Å². The maximum atomic E-state index is 5.79. The van der Waals surface area contributed by atoms with Crippen molar-refractivity contribution in [3.8, 4) is 0 Å². The SMILES string of the molecule is CCCOCc1c(CNC(C)(C)C)sc2ccccc12. The lowest BCUT2D eigenvalue weighted by Gasteiger charge is -2.20. The molecule has 1 aromatic heterocycles. The minimum atomic E-state index is 0.137. The molecule has 0 spiro atoms. The van der Waals surface area contributed by atoms with Crippen LogP contribution >= 0.6 is 11.3 Å². The zero-order valence-corrected chi connectivity index (χ0v) is 13.8. The molecule has 0 fully saturated rings. The Kier molecular flexibility index (Phi) is 5.19. The Morgan fingerprint density at radius 1 is 1.20 bits per heavy atom. The lowest BCUT2D eigenvalue weighted by atomic mass is 10.1. The highest BCUT2D eigenvalue weighted by Crippen LogP contribution is 2.32. The fraction of sp³-hybridized carbons (Fsp3) is 0.529. The first-order valence-electron chi connectivity index (χ1n) is 7.33. The third-order valence-electron chi connectivity index (χ3n) is 3.16. The Hall–Kier alpha value is -0.900. The number of hydrogen-bond acceptors (Lipinski definition) is 3. The summed E-state index contributed by atoms with van der Waals surface area (Å²) in [6.45, 7) is 11.2. The molecule has 0 saturated heterocycles. The second-order valence-electron chi connectivity index (χ2n) is 6.16. The van der Waals surface area contributed by atoms with Crippen LogP contribution < -0.4 is 5.32 Å². The van der Waals surface area contributed by atoms with Crippen molar-refractivity contribution in [2.24, 2.45) is 0 Å². The molecule has 1 heterocycles. The van der Waals surface area contributed by atoms with Gasteiger partial charge in [0.25, 0.3) is 0 Å². The van der Waals surface area contributed by atoms with Crippen molar-refractivity contribution in [2.75, 3.05) is 6.61 Å². The third kappa shape index (κ3) is 4.05. The van der Waals surface area contributed by atoms with Crippen molar-refractivity contribution in [3.05, 3.63) is 34.7 Å². The number of benzene rings is 1. The zero-order chi connectivity index (χ0) is 14.6. The molecule has 3 heteroatoms. The average Bonchev–Trinajstić information content (AvgIpc) is 2.74. The topological polar surface area (TPSA) is 21.3 Å². The Labute approximate surface area is 126 Å². The third-order valence-corrected chi connectivity index (χ3v) is 4.37. The second kappa shape index (κ2) is 6.70. The molecule has 0 aliphatic rings. The molecule has 0 amide bonds. The van der Waals surface area contributed by atoms with Gasteiger partial charge in [-0.2, -0.15) is 0 Å². The molecule has 0 saturated carbocycles. The van der Waals surface area contributed by atoms with Crippen LogP contribution in [-0.4, -0.2) is 12.1 Å². The van der Waals surface area contributed by atoms with Crippen molar-refractivity contribution in [1.29, 1.82) is 0 Å². The molecule has 0 unspecified atom stereocenters. The fourth-order valence-corrected chi connectivity index (χ4v) is 3.26. The second-order valence-corrected chi connectivity index (χ2v) is 7.29. The van der Waals surface area contributed by atoms with Crippen LogP contribution in [0.3, 0.4) is 0 Å².